The van der Waals surface area contributed by atoms with E-state index in [1.165, 1.54) is 62.5 Å². The summed E-state index contributed by atoms with van der Waals surface area (Å²) in [6.45, 7) is 6.26. The first-order valence-corrected chi connectivity index (χ1v) is 18.8. The van der Waals surface area contributed by atoms with Crippen LogP contribution in [0, 0.1) is 18.8 Å². The molecule has 3 aromatic rings. The van der Waals surface area contributed by atoms with E-state index in [-0.39, 0.29) is 11.1 Å². The zero-order valence-corrected chi connectivity index (χ0v) is 29.8. The van der Waals surface area contributed by atoms with Crippen molar-refractivity contribution in [3.63, 3.8) is 0 Å². The summed E-state index contributed by atoms with van der Waals surface area (Å²) in [6, 6.07) is 21.7. The Morgan fingerprint density at radius 1 is 0.600 bits per heavy atom. The molecule has 50 heavy (non-hydrogen) atoms. The Bertz CT molecular complexity index is 1550. The van der Waals surface area contributed by atoms with Gasteiger partial charge in [0.25, 0.3) is 11.8 Å². The van der Waals surface area contributed by atoms with Crippen LogP contribution in [0.25, 0.3) is 0 Å². The maximum Gasteiger partial charge on any atom is 0.339 e. The molecule has 0 aromatic heterocycles. The average molecular weight is 678 g/mol. The van der Waals surface area contributed by atoms with Crippen molar-refractivity contribution in [2.24, 2.45) is 11.8 Å². The second kappa shape index (κ2) is 16.2. The lowest BCUT2D eigenvalue weighted by Gasteiger charge is -2.28. The number of hydrogen-bond donors (Lipinski definition) is 0. The highest BCUT2D eigenvalue weighted by Gasteiger charge is 2.54. The summed E-state index contributed by atoms with van der Waals surface area (Å²) in [6.07, 6.45) is 11.2. The summed E-state index contributed by atoms with van der Waals surface area (Å²) in [4.78, 5) is 55.5. The number of anilines is 1. The number of nitrogens with zero attached hydrogens (tertiary/aromatic N) is 1. The lowest BCUT2D eigenvalue weighted by atomic mass is 9.77. The number of rotatable bonds is 11. The molecule has 3 fully saturated rings. The van der Waals surface area contributed by atoms with Gasteiger partial charge in [0, 0.05) is 0 Å². The van der Waals surface area contributed by atoms with Crippen LogP contribution in [-0.2, 0) is 19.1 Å². The van der Waals surface area contributed by atoms with E-state index in [0.717, 1.165) is 42.4 Å². The maximum absolute atomic E-state index is 13.8. The summed E-state index contributed by atoms with van der Waals surface area (Å²) >= 11 is 0. The molecule has 1 heterocycles. The molecule has 264 valence electrons. The number of carbonyl (C=O) groups excluding carboxylic acids is 4. The van der Waals surface area contributed by atoms with E-state index in [1.807, 2.05) is 24.3 Å². The molecule has 0 N–H and O–H groups in total. The van der Waals surface area contributed by atoms with Gasteiger partial charge in [0.05, 0.1) is 16.8 Å². The minimum atomic E-state index is -1.62. The minimum absolute atomic E-state index is 0.271. The summed E-state index contributed by atoms with van der Waals surface area (Å²) in [5.74, 6) is -0.460. The second-order valence-corrected chi connectivity index (χ2v) is 14.7. The predicted molar refractivity (Wildman–Crippen MR) is 194 cm³/mol. The van der Waals surface area contributed by atoms with Crippen LogP contribution in [0.3, 0.4) is 0 Å². The average Bonchev–Trinajstić information content (AvgIpc) is 3.36. The Kier molecular flexibility index (Phi) is 11.5. The van der Waals surface area contributed by atoms with Gasteiger partial charge in [-0.05, 0) is 129 Å². The third-order valence-corrected chi connectivity index (χ3v) is 11.3. The maximum atomic E-state index is 13.8. The third kappa shape index (κ3) is 7.87. The van der Waals surface area contributed by atoms with Crippen LogP contribution in [0.15, 0.2) is 72.8 Å². The lowest BCUT2D eigenvalue weighted by molar-refractivity contribution is -0.130. The smallest absolute Gasteiger partial charge is 0.339 e. The van der Waals surface area contributed by atoms with Crippen molar-refractivity contribution in [3.8, 4) is 0 Å². The van der Waals surface area contributed by atoms with Crippen LogP contribution in [0.4, 0.5) is 5.69 Å². The molecule has 7 heteroatoms. The van der Waals surface area contributed by atoms with E-state index >= 15 is 0 Å². The molecular formula is C43H51NO6. The molecule has 6 rings (SSSR count). The van der Waals surface area contributed by atoms with Crippen molar-refractivity contribution in [3.05, 3.63) is 101 Å². The monoisotopic (exact) mass is 677 g/mol. The molecule has 0 bridgehead atoms. The van der Waals surface area contributed by atoms with E-state index in [2.05, 4.69) is 13.8 Å². The molecule has 0 spiro atoms. The first kappa shape index (κ1) is 35.6. The van der Waals surface area contributed by atoms with E-state index < -0.39 is 36.0 Å². The molecule has 2 atom stereocenters. The Balaban J connectivity index is 1.16. The highest BCUT2D eigenvalue weighted by Crippen LogP contribution is 2.39. The molecule has 2 aliphatic carbocycles. The Morgan fingerprint density at radius 3 is 1.38 bits per heavy atom. The molecule has 1 aliphatic heterocycles. The lowest BCUT2D eigenvalue weighted by Crippen LogP contribution is -2.37. The van der Waals surface area contributed by atoms with Crippen LogP contribution in [0.2, 0.25) is 0 Å². The summed E-state index contributed by atoms with van der Waals surface area (Å²) in [5.41, 5.74) is 3.97. The van der Waals surface area contributed by atoms with Crippen molar-refractivity contribution in [2.45, 2.75) is 122 Å². The van der Waals surface area contributed by atoms with Gasteiger partial charge in [-0.25, -0.2) is 14.5 Å². The SMILES string of the molecule is CCCC1CCC(c2ccc(C(=O)O[C@H]3C(=O)N(c4ccccc4C)C(=O)[C@@H]3OC(=O)c3ccc(C4CCC(CCC)CC4)cc3)cc2)CC1. The number of esters is 2. The number of hydrogen-bond acceptors (Lipinski definition) is 6. The van der Waals surface area contributed by atoms with Crippen molar-refractivity contribution in [1.82, 2.24) is 0 Å². The van der Waals surface area contributed by atoms with Gasteiger partial charge in [-0.3, -0.25) is 9.59 Å². The third-order valence-electron chi connectivity index (χ3n) is 11.3. The van der Waals surface area contributed by atoms with Gasteiger partial charge in [-0.2, -0.15) is 0 Å². The zero-order chi connectivity index (χ0) is 35.2. The zero-order valence-electron chi connectivity index (χ0n) is 29.8. The number of carbonyl (C=O) groups is 4. The largest absolute Gasteiger partial charge is 0.444 e. The van der Waals surface area contributed by atoms with E-state index in [1.54, 1.807) is 55.5 Å². The van der Waals surface area contributed by atoms with Gasteiger partial charge in [0.15, 0.2) is 0 Å². The van der Waals surface area contributed by atoms with E-state index in [0.29, 0.717) is 23.1 Å². The van der Waals surface area contributed by atoms with Crippen molar-refractivity contribution >= 4 is 29.4 Å². The van der Waals surface area contributed by atoms with Crippen LogP contribution in [0.5, 0.6) is 0 Å². The number of ether oxygens (including phenoxy) is 2. The normalized spacial score (nSPS) is 25.4. The Labute approximate surface area is 296 Å². The second-order valence-electron chi connectivity index (χ2n) is 14.7. The molecule has 7 nitrogen and oxygen atoms in total. The van der Waals surface area contributed by atoms with Crippen LogP contribution in [-0.4, -0.2) is 36.0 Å². The number of amides is 2. The fourth-order valence-electron chi connectivity index (χ4n) is 8.43. The number of aryl methyl sites for hydroxylation is 1. The van der Waals surface area contributed by atoms with E-state index in [9.17, 15) is 19.2 Å². The van der Waals surface area contributed by atoms with Crippen LogP contribution >= 0.6 is 0 Å². The first-order valence-electron chi connectivity index (χ1n) is 18.8. The standard InChI is InChI=1S/C43H51NO6/c1-4-8-29-12-16-31(17-13-29)33-20-24-35(25-21-33)42(47)49-38-39(41(46)44(40(38)45)37-11-7-6-10-28(37)3)50-43(48)36-26-22-34(23-27-36)32-18-14-30(9-5-2)15-19-32/h6-7,10-11,20-27,29-32,38-39H,4-5,8-9,12-19H2,1-3H3/t29?,30?,31?,32?,38-,39-/m1/s1. The van der Waals surface area contributed by atoms with Gasteiger partial charge in [0.1, 0.15) is 0 Å². The highest BCUT2D eigenvalue weighted by molar-refractivity contribution is 6.25. The molecule has 2 amide bonds. The van der Waals surface area contributed by atoms with Gasteiger partial charge in [-0.1, -0.05) is 82.0 Å². The Morgan fingerprint density at radius 2 is 1.00 bits per heavy atom. The summed E-state index contributed by atoms with van der Waals surface area (Å²) in [5, 5.41) is 0. The molecule has 1 saturated heterocycles. The fraction of sp³-hybridized carbons (Fsp3) is 0.488. The van der Waals surface area contributed by atoms with Crippen LogP contribution in [0.1, 0.15) is 140 Å². The van der Waals surface area contributed by atoms with Gasteiger partial charge < -0.3 is 9.47 Å². The number of imide groups is 1. The van der Waals surface area contributed by atoms with E-state index in [4.69, 9.17) is 9.47 Å². The fourth-order valence-corrected chi connectivity index (χ4v) is 8.43. The first-order chi connectivity index (χ1) is 24.3. The van der Waals surface area contributed by atoms with Gasteiger partial charge >= 0.3 is 11.9 Å². The highest BCUT2D eigenvalue weighted by atomic mass is 16.6. The number of para-hydroxylation sites is 1. The Hall–Kier alpha value is -4.26. The van der Waals surface area contributed by atoms with Crippen molar-refractivity contribution in [2.75, 3.05) is 4.90 Å². The van der Waals surface area contributed by atoms with Crippen molar-refractivity contribution in [1.29, 1.82) is 0 Å². The predicted octanol–water partition coefficient (Wildman–Crippen LogP) is 9.47. The molecule has 2 saturated carbocycles. The van der Waals surface area contributed by atoms with Crippen LogP contribution < -0.4 is 4.90 Å². The quantitative estimate of drug-likeness (QED) is 0.148. The topological polar surface area (TPSA) is 90.0 Å². The molecule has 0 radical (unpaired) electrons. The molecular weight excluding hydrogens is 626 g/mol. The molecule has 0 unspecified atom stereocenters. The van der Waals surface area contributed by atoms with Gasteiger partial charge in [-0.15, -0.1) is 0 Å². The summed E-state index contributed by atoms with van der Waals surface area (Å²) in [7, 11) is 0. The van der Waals surface area contributed by atoms with Crippen molar-refractivity contribution < 1.29 is 28.7 Å². The molecule has 3 aliphatic rings. The minimum Gasteiger partial charge on any atom is -0.444 e. The number of benzene rings is 3. The molecule has 3 aromatic carbocycles. The van der Waals surface area contributed by atoms with Gasteiger partial charge in [0.2, 0.25) is 12.2 Å². The summed E-state index contributed by atoms with van der Waals surface area (Å²) < 4.78 is 11.5.